The molecule has 0 saturated heterocycles. The molecule has 0 fully saturated rings. The summed E-state index contributed by atoms with van der Waals surface area (Å²) in [6, 6.07) is 17.2. The van der Waals surface area contributed by atoms with Crippen molar-refractivity contribution < 1.29 is 0 Å². The van der Waals surface area contributed by atoms with E-state index in [4.69, 9.17) is 0 Å². The number of hydrogen-bond donors (Lipinski definition) is 1. The average Bonchev–Trinajstić information content (AvgIpc) is 2.48. The van der Waals surface area contributed by atoms with Crippen molar-refractivity contribution in [2.45, 2.75) is 31.0 Å². The van der Waals surface area contributed by atoms with Gasteiger partial charge in [-0.05, 0) is 35.7 Å². The normalized spacial score (nSPS) is 11.0. The molecule has 0 radical (unpaired) electrons. The average molecular weight is 364 g/mol. The summed E-state index contributed by atoms with van der Waals surface area (Å²) >= 11 is 5.48. The van der Waals surface area contributed by atoms with Gasteiger partial charge in [-0.3, -0.25) is 0 Å². The summed E-state index contributed by atoms with van der Waals surface area (Å²) in [5.41, 5.74) is 2.74. The topological polar surface area (TPSA) is 12.0 Å². The molecule has 0 aliphatic carbocycles. The molecule has 0 bridgehead atoms. The van der Waals surface area contributed by atoms with E-state index < -0.39 is 0 Å². The standard InChI is InChI=1S/C18H22BrNS/c1-14(2)11-20-12-16-8-9-17(19)10-18(16)21-13-15-6-4-3-5-7-15/h3-10,14,20H,11-13H2,1-2H3. The second-order valence-electron chi connectivity index (χ2n) is 5.55. The highest BCUT2D eigenvalue weighted by Crippen LogP contribution is 2.29. The van der Waals surface area contributed by atoms with Gasteiger partial charge in [-0.15, -0.1) is 11.8 Å². The van der Waals surface area contributed by atoms with Crippen molar-refractivity contribution in [3.05, 3.63) is 64.1 Å². The first-order chi connectivity index (χ1) is 10.1. The van der Waals surface area contributed by atoms with Gasteiger partial charge < -0.3 is 5.32 Å². The van der Waals surface area contributed by atoms with Crippen molar-refractivity contribution in [3.63, 3.8) is 0 Å². The Hall–Kier alpha value is -0.770. The maximum Gasteiger partial charge on any atom is 0.0232 e. The van der Waals surface area contributed by atoms with Crippen LogP contribution in [0, 0.1) is 5.92 Å². The van der Waals surface area contributed by atoms with Crippen molar-refractivity contribution in [2.24, 2.45) is 5.92 Å². The van der Waals surface area contributed by atoms with Crippen LogP contribution >= 0.6 is 27.7 Å². The summed E-state index contributed by atoms with van der Waals surface area (Å²) in [6.45, 7) is 6.46. The van der Waals surface area contributed by atoms with Crippen LogP contribution in [0.25, 0.3) is 0 Å². The highest BCUT2D eigenvalue weighted by molar-refractivity contribution is 9.10. The molecule has 0 aliphatic rings. The quantitative estimate of drug-likeness (QED) is 0.652. The number of rotatable bonds is 7. The Morgan fingerprint density at radius 2 is 1.86 bits per heavy atom. The molecule has 0 amide bonds. The molecule has 0 atom stereocenters. The van der Waals surface area contributed by atoms with Gasteiger partial charge in [-0.1, -0.05) is 66.2 Å². The van der Waals surface area contributed by atoms with Gasteiger partial charge in [0.1, 0.15) is 0 Å². The lowest BCUT2D eigenvalue weighted by Gasteiger charge is -2.12. The summed E-state index contributed by atoms with van der Waals surface area (Å²) in [6.07, 6.45) is 0. The van der Waals surface area contributed by atoms with E-state index in [1.807, 2.05) is 11.8 Å². The van der Waals surface area contributed by atoms with Crippen LogP contribution in [-0.4, -0.2) is 6.54 Å². The van der Waals surface area contributed by atoms with Crippen molar-refractivity contribution in [1.82, 2.24) is 5.32 Å². The second-order valence-corrected chi connectivity index (χ2v) is 7.48. The maximum atomic E-state index is 3.58. The van der Waals surface area contributed by atoms with Gasteiger partial charge in [0.25, 0.3) is 0 Å². The molecule has 112 valence electrons. The number of hydrogen-bond acceptors (Lipinski definition) is 2. The van der Waals surface area contributed by atoms with E-state index in [0.29, 0.717) is 5.92 Å². The lowest BCUT2D eigenvalue weighted by atomic mass is 10.2. The Morgan fingerprint density at radius 1 is 1.10 bits per heavy atom. The first-order valence-electron chi connectivity index (χ1n) is 7.31. The molecule has 0 heterocycles. The molecule has 1 nitrogen and oxygen atoms in total. The Labute approximate surface area is 140 Å². The van der Waals surface area contributed by atoms with Crippen LogP contribution in [-0.2, 0) is 12.3 Å². The zero-order valence-electron chi connectivity index (χ0n) is 12.6. The van der Waals surface area contributed by atoms with Crippen molar-refractivity contribution in [1.29, 1.82) is 0 Å². The van der Waals surface area contributed by atoms with E-state index in [1.165, 1.54) is 16.0 Å². The van der Waals surface area contributed by atoms with E-state index in [9.17, 15) is 0 Å². The molecule has 21 heavy (non-hydrogen) atoms. The lowest BCUT2D eigenvalue weighted by molar-refractivity contribution is 0.550. The van der Waals surface area contributed by atoms with E-state index in [-0.39, 0.29) is 0 Å². The van der Waals surface area contributed by atoms with Crippen molar-refractivity contribution in [3.8, 4) is 0 Å². The van der Waals surface area contributed by atoms with Gasteiger partial charge in [0.05, 0.1) is 0 Å². The van der Waals surface area contributed by atoms with Gasteiger partial charge in [0.2, 0.25) is 0 Å². The minimum Gasteiger partial charge on any atom is -0.312 e. The largest absolute Gasteiger partial charge is 0.312 e. The Kier molecular flexibility index (Phi) is 6.81. The van der Waals surface area contributed by atoms with Crippen LogP contribution < -0.4 is 5.32 Å². The van der Waals surface area contributed by atoms with E-state index >= 15 is 0 Å². The number of benzene rings is 2. The van der Waals surface area contributed by atoms with Crippen LogP contribution in [0.2, 0.25) is 0 Å². The number of thioether (sulfide) groups is 1. The molecule has 2 aromatic rings. The molecule has 0 unspecified atom stereocenters. The predicted octanol–water partition coefficient (Wildman–Crippen LogP) is 5.49. The first-order valence-corrected chi connectivity index (χ1v) is 9.09. The van der Waals surface area contributed by atoms with Gasteiger partial charge in [0.15, 0.2) is 0 Å². The summed E-state index contributed by atoms with van der Waals surface area (Å²) in [4.78, 5) is 1.35. The monoisotopic (exact) mass is 363 g/mol. The van der Waals surface area contributed by atoms with Crippen LogP contribution in [0.3, 0.4) is 0 Å². The molecule has 0 aliphatic heterocycles. The molecule has 0 aromatic heterocycles. The molecule has 0 saturated carbocycles. The highest BCUT2D eigenvalue weighted by Gasteiger charge is 2.05. The molecule has 2 aromatic carbocycles. The minimum absolute atomic E-state index is 0.681. The third-order valence-corrected chi connectivity index (χ3v) is 4.80. The zero-order valence-corrected chi connectivity index (χ0v) is 15.0. The van der Waals surface area contributed by atoms with Crippen LogP contribution in [0.4, 0.5) is 0 Å². The Bertz CT molecular complexity index is 554. The van der Waals surface area contributed by atoms with Gasteiger partial charge in [-0.25, -0.2) is 0 Å². The van der Waals surface area contributed by atoms with E-state index in [2.05, 4.69) is 83.6 Å². The molecule has 3 heteroatoms. The third kappa shape index (κ3) is 5.85. The SMILES string of the molecule is CC(C)CNCc1ccc(Br)cc1SCc1ccccc1. The fraction of sp³-hybridized carbons (Fsp3) is 0.333. The minimum atomic E-state index is 0.681. The lowest BCUT2D eigenvalue weighted by Crippen LogP contribution is -2.19. The fourth-order valence-electron chi connectivity index (χ4n) is 2.04. The first kappa shape index (κ1) is 16.6. The van der Waals surface area contributed by atoms with Gasteiger partial charge >= 0.3 is 0 Å². The summed E-state index contributed by atoms with van der Waals surface area (Å²) in [7, 11) is 0. The van der Waals surface area contributed by atoms with Crippen LogP contribution in [0.1, 0.15) is 25.0 Å². The smallest absolute Gasteiger partial charge is 0.0232 e. The van der Waals surface area contributed by atoms with E-state index in [0.717, 1.165) is 23.3 Å². The summed E-state index contributed by atoms with van der Waals surface area (Å²) < 4.78 is 1.14. The molecule has 1 N–H and O–H groups in total. The Balaban J connectivity index is 2.01. The molecular formula is C18H22BrNS. The highest BCUT2D eigenvalue weighted by atomic mass is 79.9. The molecule has 2 rings (SSSR count). The third-order valence-electron chi connectivity index (χ3n) is 3.13. The Morgan fingerprint density at radius 3 is 2.57 bits per heavy atom. The maximum absolute atomic E-state index is 3.58. The number of halogens is 1. The van der Waals surface area contributed by atoms with Gasteiger partial charge in [-0.2, -0.15) is 0 Å². The van der Waals surface area contributed by atoms with E-state index in [1.54, 1.807) is 0 Å². The second kappa shape index (κ2) is 8.62. The van der Waals surface area contributed by atoms with Crippen LogP contribution in [0.15, 0.2) is 57.9 Å². The summed E-state index contributed by atoms with van der Waals surface area (Å²) in [5.74, 6) is 1.69. The molecular weight excluding hydrogens is 342 g/mol. The predicted molar refractivity (Wildman–Crippen MR) is 96.7 cm³/mol. The summed E-state index contributed by atoms with van der Waals surface area (Å²) in [5, 5.41) is 3.53. The zero-order chi connectivity index (χ0) is 15.1. The van der Waals surface area contributed by atoms with Crippen LogP contribution in [0.5, 0.6) is 0 Å². The molecule has 0 spiro atoms. The fourth-order valence-corrected chi connectivity index (χ4v) is 3.60. The van der Waals surface area contributed by atoms with Gasteiger partial charge in [0, 0.05) is 21.7 Å². The number of nitrogens with one attached hydrogen (secondary N) is 1. The van der Waals surface area contributed by atoms with Crippen molar-refractivity contribution in [2.75, 3.05) is 6.54 Å². The van der Waals surface area contributed by atoms with Crippen molar-refractivity contribution >= 4 is 27.7 Å².